The van der Waals surface area contributed by atoms with Crippen molar-refractivity contribution in [2.45, 2.75) is 20.8 Å². The number of carbonyl (C=O) groups is 1. The highest BCUT2D eigenvalue weighted by atomic mass is 16.5. The Morgan fingerprint density at radius 3 is 1.96 bits per heavy atom. The van der Waals surface area contributed by atoms with Gasteiger partial charge >= 0.3 is 0 Å². The van der Waals surface area contributed by atoms with Gasteiger partial charge in [0.05, 0.1) is 39.6 Å². The number of nitrogens with zero attached hydrogens (tertiary/aromatic N) is 2. The number of hydrogen-bond donors (Lipinski definition) is 1. The average Bonchev–Trinajstić information content (AvgIpc) is 2.62. The third kappa shape index (κ3) is 11.5. The molecule has 1 rings (SSSR count). The van der Waals surface area contributed by atoms with Crippen LogP contribution in [0.15, 0.2) is 0 Å². The molecule has 1 aliphatic rings. The summed E-state index contributed by atoms with van der Waals surface area (Å²) >= 11 is 0. The quantitative estimate of drug-likeness (QED) is 0.454. The molecule has 25 heavy (non-hydrogen) atoms. The third-order valence-corrected chi connectivity index (χ3v) is 4.28. The highest BCUT2D eigenvalue weighted by Gasteiger charge is 2.14. The van der Waals surface area contributed by atoms with Crippen LogP contribution in [0.25, 0.3) is 0 Å². The summed E-state index contributed by atoms with van der Waals surface area (Å²) in [5.74, 6) is 0.0773. The Morgan fingerprint density at radius 1 is 0.880 bits per heavy atom. The number of carbonyl (C=O) groups excluding carboxylic acids is 1. The standard InChI is InChI=1S/C18H37N3O4/c1-4-20-6-8-21(9-7-20)10-12-24-14-16-25-15-13-23-11-5-19-18(22)17(2)3/h17H,4-16H2,1-3H3,(H,19,22). The fourth-order valence-corrected chi connectivity index (χ4v) is 2.52. The zero-order chi connectivity index (χ0) is 18.3. The van der Waals surface area contributed by atoms with Crippen LogP contribution in [0.4, 0.5) is 0 Å². The summed E-state index contributed by atoms with van der Waals surface area (Å²) in [4.78, 5) is 16.3. The zero-order valence-electron chi connectivity index (χ0n) is 16.3. The molecule has 0 spiro atoms. The molecule has 1 N–H and O–H groups in total. The molecule has 0 saturated carbocycles. The lowest BCUT2D eigenvalue weighted by atomic mass is 10.2. The number of likely N-dealkylation sites (N-methyl/N-ethyl adjacent to an activating group) is 1. The molecule has 0 radical (unpaired) electrons. The van der Waals surface area contributed by atoms with Gasteiger partial charge in [0.2, 0.25) is 5.91 Å². The van der Waals surface area contributed by atoms with Crippen molar-refractivity contribution in [3.63, 3.8) is 0 Å². The van der Waals surface area contributed by atoms with Gasteiger partial charge in [-0.3, -0.25) is 9.69 Å². The van der Waals surface area contributed by atoms with Crippen molar-refractivity contribution in [2.75, 3.05) is 85.5 Å². The van der Waals surface area contributed by atoms with E-state index in [1.807, 2.05) is 13.8 Å². The number of nitrogens with one attached hydrogen (secondary N) is 1. The maximum Gasteiger partial charge on any atom is 0.222 e. The molecule has 148 valence electrons. The fourth-order valence-electron chi connectivity index (χ4n) is 2.52. The highest BCUT2D eigenvalue weighted by molar-refractivity contribution is 5.77. The number of hydrogen-bond acceptors (Lipinski definition) is 6. The molecular weight excluding hydrogens is 322 g/mol. The van der Waals surface area contributed by atoms with Gasteiger partial charge in [-0.05, 0) is 6.54 Å². The minimum atomic E-state index is 0.0179. The van der Waals surface area contributed by atoms with Crippen LogP contribution in [0.3, 0.4) is 0 Å². The van der Waals surface area contributed by atoms with Crippen molar-refractivity contribution in [2.24, 2.45) is 5.92 Å². The maximum absolute atomic E-state index is 11.3. The molecule has 0 aromatic heterocycles. The van der Waals surface area contributed by atoms with E-state index in [4.69, 9.17) is 14.2 Å². The van der Waals surface area contributed by atoms with Crippen LogP contribution in [-0.4, -0.2) is 101 Å². The lowest BCUT2D eigenvalue weighted by Crippen LogP contribution is -2.47. The molecule has 0 aromatic rings. The van der Waals surface area contributed by atoms with Crippen LogP contribution in [0.1, 0.15) is 20.8 Å². The van der Waals surface area contributed by atoms with E-state index in [2.05, 4.69) is 22.0 Å². The molecule has 0 atom stereocenters. The second-order valence-corrected chi connectivity index (χ2v) is 6.56. The maximum atomic E-state index is 11.3. The predicted octanol–water partition coefficient (Wildman–Crippen LogP) is 0.446. The minimum Gasteiger partial charge on any atom is -0.378 e. The Morgan fingerprint density at radius 2 is 1.40 bits per heavy atom. The van der Waals surface area contributed by atoms with E-state index in [1.165, 1.54) is 13.1 Å². The van der Waals surface area contributed by atoms with Gasteiger partial charge in [-0.1, -0.05) is 20.8 Å². The van der Waals surface area contributed by atoms with Crippen molar-refractivity contribution in [1.29, 1.82) is 0 Å². The summed E-state index contributed by atoms with van der Waals surface area (Å²) in [6, 6.07) is 0. The molecule has 0 unspecified atom stereocenters. The normalized spacial score (nSPS) is 16.5. The topological polar surface area (TPSA) is 63.3 Å². The summed E-state index contributed by atoms with van der Waals surface area (Å²) in [7, 11) is 0. The van der Waals surface area contributed by atoms with E-state index in [0.29, 0.717) is 39.6 Å². The average molecular weight is 360 g/mol. The van der Waals surface area contributed by atoms with Gasteiger partial charge in [0.25, 0.3) is 0 Å². The van der Waals surface area contributed by atoms with Gasteiger partial charge < -0.3 is 24.4 Å². The molecule has 1 amide bonds. The first-order valence-electron chi connectivity index (χ1n) is 9.59. The molecule has 0 aromatic carbocycles. The Labute approximate surface area is 153 Å². The fraction of sp³-hybridized carbons (Fsp3) is 0.944. The van der Waals surface area contributed by atoms with Crippen LogP contribution < -0.4 is 5.32 Å². The van der Waals surface area contributed by atoms with Gasteiger partial charge in [-0.25, -0.2) is 0 Å². The van der Waals surface area contributed by atoms with E-state index in [9.17, 15) is 4.79 Å². The number of rotatable bonds is 14. The van der Waals surface area contributed by atoms with Crippen LogP contribution in [0.2, 0.25) is 0 Å². The van der Waals surface area contributed by atoms with Crippen molar-refractivity contribution in [3.05, 3.63) is 0 Å². The van der Waals surface area contributed by atoms with Gasteiger partial charge in [0, 0.05) is 45.2 Å². The Hall–Kier alpha value is -0.730. The summed E-state index contributed by atoms with van der Waals surface area (Å²) < 4.78 is 16.5. The van der Waals surface area contributed by atoms with Crippen LogP contribution >= 0.6 is 0 Å². The van der Waals surface area contributed by atoms with E-state index in [1.54, 1.807) is 0 Å². The minimum absolute atomic E-state index is 0.0179. The van der Waals surface area contributed by atoms with E-state index >= 15 is 0 Å². The van der Waals surface area contributed by atoms with Crippen LogP contribution in [0.5, 0.6) is 0 Å². The number of piperazine rings is 1. The third-order valence-electron chi connectivity index (χ3n) is 4.28. The van der Waals surface area contributed by atoms with E-state index in [-0.39, 0.29) is 11.8 Å². The van der Waals surface area contributed by atoms with Crippen molar-refractivity contribution < 1.29 is 19.0 Å². The molecular formula is C18H37N3O4. The summed E-state index contributed by atoms with van der Waals surface area (Å²) in [6.07, 6.45) is 0. The molecule has 7 heteroatoms. The summed E-state index contributed by atoms with van der Waals surface area (Å²) in [5, 5.41) is 2.81. The molecule has 1 fully saturated rings. The van der Waals surface area contributed by atoms with Gasteiger partial charge in [0.15, 0.2) is 0 Å². The molecule has 1 aliphatic heterocycles. The second-order valence-electron chi connectivity index (χ2n) is 6.56. The van der Waals surface area contributed by atoms with Crippen molar-refractivity contribution >= 4 is 5.91 Å². The van der Waals surface area contributed by atoms with E-state index in [0.717, 1.165) is 32.8 Å². The molecule has 7 nitrogen and oxygen atoms in total. The van der Waals surface area contributed by atoms with Gasteiger partial charge in [-0.2, -0.15) is 0 Å². The Bertz CT molecular complexity index is 334. The van der Waals surface area contributed by atoms with Crippen LogP contribution in [0, 0.1) is 5.92 Å². The lowest BCUT2D eigenvalue weighted by molar-refractivity contribution is -0.124. The van der Waals surface area contributed by atoms with Crippen molar-refractivity contribution in [1.82, 2.24) is 15.1 Å². The van der Waals surface area contributed by atoms with E-state index < -0.39 is 0 Å². The Balaban J connectivity index is 1.77. The number of amides is 1. The second kappa shape index (κ2) is 14.4. The lowest BCUT2D eigenvalue weighted by Gasteiger charge is -2.33. The SMILES string of the molecule is CCN1CCN(CCOCCOCCOCCNC(=O)C(C)C)CC1. The molecule has 0 bridgehead atoms. The first-order valence-corrected chi connectivity index (χ1v) is 9.59. The smallest absolute Gasteiger partial charge is 0.222 e. The summed E-state index contributed by atoms with van der Waals surface area (Å²) in [6.45, 7) is 16.9. The highest BCUT2D eigenvalue weighted by Crippen LogP contribution is 2.00. The van der Waals surface area contributed by atoms with Crippen LogP contribution in [-0.2, 0) is 19.0 Å². The van der Waals surface area contributed by atoms with Gasteiger partial charge in [0.1, 0.15) is 0 Å². The number of ether oxygens (including phenoxy) is 3. The molecule has 0 aliphatic carbocycles. The molecule has 1 saturated heterocycles. The largest absolute Gasteiger partial charge is 0.378 e. The molecule has 1 heterocycles. The van der Waals surface area contributed by atoms with Crippen molar-refractivity contribution in [3.8, 4) is 0 Å². The van der Waals surface area contributed by atoms with Gasteiger partial charge in [-0.15, -0.1) is 0 Å². The first kappa shape index (κ1) is 22.3. The Kier molecular flexibility index (Phi) is 12.9. The first-order chi connectivity index (χ1) is 12.1. The monoisotopic (exact) mass is 359 g/mol. The predicted molar refractivity (Wildman–Crippen MR) is 98.9 cm³/mol. The zero-order valence-corrected chi connectivity index (χ0v) is 16.3. The summed E-state index contributed by atoms with van der Waals surface area (Å²) in [5.41, 5.74) is 0.